The van der Waals surface area contributed by atoms with E-state index in [1.807, 2.05) is 13.1 Å². The van der Waals surface area contributed by atoms with Crippen LogP contribution >= 0.6 is 11.8 Å². The van der Waals surface area contributed by atoms with Crippen LogP contribution in [-0.2, 0) is 4.79 Å². The van der Waals surface area contributed by atoms with Gasteiger partial charge < -0.3 is 15.1 Å². The molecule has 0 radical (unpaired) electrons. The average Bonchev–Trinajstić information content (AvgIpc) is 3.36. The molecule has 3 heterocycles. The van der Waals surface area contributed by atoms with Gasteiger partial charge in [0.25, 0.3) is 11.1 Å². The average molecular weight is 429 g/mol. The van der Waals surface area contributed by atoms with E-state index in [1.165, 1.54) is 0 Å². The first kappa shape index (κ1) is 20.4. The van der Waals surface area contributed by atoms with Gasteiger partial charge in [-0.2, -0.15) is 0 Å². The Hall–Kier alpha value is -2.88. The van der Waals surface area contributed by atoms with Crippen molar-refractivity contribution in [2.24, 2.45) is 15.9 Å². The Labute approximate surface area is 178 Å². The van der Waals surface area contributed by atoms with Crippen LogP contribution in [0.4, 0.5) is 4.79 Å². The smallest absolute Gasteiger partial charge is 0.290 e. The van der Waals surface area contributed by atoms with E-state index in [9.17, 15) is 9.59 Å². The Morgan fingerprint density at radius 1 is 1.30 bits per heavy atom. The summed E-state index contributed by atoms with van der Waals surface area (Å²) < 4.78 is 5.26. The van der Waals surface area contributed by atoms with Crippen molar-refractivity contribution in [2.45, 2.75) is 50.7 Å². The second-order valence-electron chi connectivity index (χ2n) is 7.64. The van der Waals surface area contributed by atoms with Crippen LogP contribution in [0.1, 0.15) is 38.4 Å². The summed E-state index contributed by atoms with van der Waals surface area (Å²) >= 11 is 0.907. The molecule has 30 heavy (non-hydrogen) atoms. The minimum absolute atomic E-state index is 0.0414. The van der Waals surface area contributed by atoms with Gasteiger partial charge in [0.2, 0.25) is 5.96 Å². The number of amidine groups is 1. The zero-order valence-corrected chi connectivity index (χ0v) is 17.4. The first-order valence-electron chi connectivity index (χ1n) is 10.0. The zero-order valence-electron chi connectivity index (χ0n) is 16.6. The van der Waals surface area contributed by atoms with Crippen molar-refractivity contribution in [3.63, 3.8) is 0 Å². The highest BCUT2D eigenvalue weighted by Crippen LogP contribution is 2.26. The molecule has 9 nitrogen and oxygen atoms in total. The molecule has 1 saturated heterocycles. The second-order valence-corrected chi connectivity index (χ2v) is 8.66. The number of furan rings is 1. The number of carbonyl (C=O) groups excluding carboxylic acids is 2. The molecule has 158 valence electrons. The van der Waals surface area contributed by atoms with Crippen LogP contribution in [0.5, 0.6) is 0 Å². The molecule has 1 aliphatic carbocycles. The molecule has 3 aliphatic rings. The summed E-state index contributed by atoms with van der Waals surface area (Å²) in [4.78, 5) is 32.6. The van der Waals surface area contributed by atoms with Crippen LogP contribution in [-0.4, -0.2) is 47.3 Å². The maximum atomic E-state index is 11.8. The van der Waals surface area contributed by atoms with Gasteiger partial charge >= 0.3 is 0 Å². The maximum Gasteiger partial charge on any atom is 0.290 e. The number of hydrogen-bond donors (Lipinski definition) is 4. The number of aliphatic imine (C=N–C) groups is 2. The van der Waals surface area contributed by atoms with Crippen molar-refractivity contribution in [2.75, 3.05) is 0 Å². The van der Waals surface area contributed by atoms with Crippen LogP contribution in [0.2, 0.25) is 0 Å². The van der Waals surface area contributed by atoms with Gasteiger partial charge in [-0.25, -0.2) is 9.98 Å². The third-order valence-corrected chi connectivity index (χ3v) is 6.21. The van der Waals surface area contributed by atoms with E-state index in [0.717, 1.165) is 37.4 Å². The third kappa shape index (κ3) is 4.81. The number of thioether (sulfide) groups is 1. The van der Waals surface area contributed by atoms with Gasteiger partial charge in [0.05, 0.1) is 17.2 Å². The number of carbonyl (C=O) groups is 2. The quantitative estimate of drug-likeness (QED) is 0.331. The van der Waals surface area contributed by atoms with Gasteiger partial charge in [-0.1, -0.05) is 6.92 Å². The molecule has 2 unspecified atom stereocenters. The molecule has 2 atom stereocenters. The van der Waals surface area contributed by atoms with E-state index >= 15 is 0 Å². The predicted octanol–water partition coefficient (Wildman–Crippen LogP) is 2.41. The molecule has 0 bridgehead atoms. The van der Waals surface area contributed by atoms with Crippen LogP contribution in [0.3, 0.4) is 0 Å². The normalized spacial score (nSPS) is 30.2. The molecule has 1 aromatic heterocycles. The maximum absolute atomic E-state index is 11.8. The lowest BCUT2D eigenvalue weighted by Crippen LogP contribution is -2.44. The molecule has 2 amide bonds. The molecule has 0 spiro atoms. The summed E-state index contributed by atoms with van der Waals surface area (Å²) in [6.07, 6.45) is 8.87. The Bertz CT molecular complexity index is 915. The van der Waals surface area contributed by atoms with Crippen molar-refractivity contribution in [3.05, 3.63) is 35.1 Å². The summed E-state index contributed by atoms with van der Waals surface area (Å²) in [5.41, 5.74) is 0. The van der Waals surface area contributed by atoms with E-state index < -0.39 is 0 Å². The van der Waals surface area contributed by atoms with Gasteiger partial charge in [-0.3, -0.25) is 20.3 Å². The van der Waals surface area contributed by atoms with Crippen molar-refractivity contribution in [1.29, 1.82) is 5.41 Å². The van der Waals surface area contributed by atoms with Gasteiger partial charge in [-0.05, 0) is 55.7 Å². The Kier molecular flexibility index (Phi) is 6.03. The number of imide groups is 1. The van der Waals surface area contributed by atoms with Gasteiger partial charge in [-0.15, -0.1) is 0 Å². The predicted molar refractivity (Wildman–Crippen MR) is 116 cm³/mol. The molecular weight excluding hydrogens is 404 g/mol. The zero-order chi connectivity index (χ0) is 21.1. The standard InChI is InChI=1S/C20H24N6O3S/c1-11-10-22-19(25-14(11)9-16-18(27)26-20(28)30-16)24-13-6-4-12(5-7-13)23-17(21)15-3-2-8-29-15/h2-3,8-14H,4-7H2,1H3,(H2,21,23)(H,24,25)(H,26,27,28)/b16-9-/t11?,12-,13-,14?. The Morgan fingerprint density at radius 2 is 2.07 bits per heavy atom. The fourth-order valence-corrected chi connectivity index (χ4v) is 4.38. The molecule has 0 aromatic carbocycles. The minimum Gasteiger partial charge on any atom is -0.461 e. The van der Waals surface area contributed by atoms with Crippen LogP contribution in [0.25, 0.3) is 0 Å². The van der Waals surface area contributed by atoms with Gasteiger partial charge in [0.1, 0.15) is 0 Å². The van der Waals surface area contributed by atoms with Crippen molar-refractivity contribution in [3.8, 4) is 0 Å². The van der Waals surface area contributed by atoms with Crippen molar-refractivity contribution >= 4 is 40.9 Å². The lowest BCUT2D eigenvalue weighted by molar-refractivity contribution is -0.115. The summed E-state index contributed by atoms with van der Waals surface area (Å²) in [6, 6.07) is 3.81. The molecule has 10 heteroatoms. The lowest BCUT2D eigenvalue weighted by Gasteiger charge is -2.31. The van der Waals surface area contributed by atoms with Crippen LogP contribution < -0.4 is 16.0 Å². The highest BCUT2D eigenvalue weighted by atomic mass is 32.2. The number of guanidine groups is 1. The SMILES string of the molecule is CC1C=NC(N[C@H]2CC[C@H](NC(=N)c3ccco3)CC2)=NC1/C=C1\SC(=O)NC1=O. The summed E-state index contributed by atoms with van der Waals surface area (Å²) in [7, 11) is 0. The highest BCUT2D eigenvalue weighted by molar-refractivity contribution is 8.18. The molecule has 1 saturated carbocycles. The molecular formula is C20H24N6O3S. The minimum atomic E-state index is -0.365. The van der Waals surface area contributed by atoms with Crippen LogP contribution in [0.15, 0.2) is 43.8 Å². The number of nitrogens with one attached hydrogen (secondary N) is 4. The first-order valence-corrected chi connectivity index (χ1v) is 10.8. The van der Waals surface area contributed by atoms with E-state index in [-0.39, 0.29) is 35.2 Å². The molecule has 1 aromatic rings. The summed E-state index contributed by atoms with van der Waals surface area (Å²) in [5.74, 6) is 1.10. The Balaban J connectivity index is 1.30. The number of nitrogens with zero attached hydrogens (tertiary/aromatic N) is 2. The topological polar surface area (TPSA) is 132 Å². The monoisotopic (exact) mass is 428 g/mol. The largest absolute Gasteiger partial charge is 0.461 e. The van der Waals surface area contributed by atoms with E-state index in [1.54, 1.807) is 24.5 Å². The number of hydrogen-bond acceptors (Lipinski definition) is 8. The van der Waals surface area contributed by atoms with E-state index in [2.05, 4.69) is 25.9 Å². The molecule has 2 aliphatic heterocycles. The first-order chi connectivity index (χ1) is 14.5. The van der Waals surface area contributed by atoms with Crippen molar-refractivity contribution in [1.82, 2.24) is 16.0 Å². The summed E-state index contributed by atoms with van der Waals surface area (Å²) in [6.45, 7) is 1.98. The van der Waals surface area contributed by atoms with Crippen molar-refractivity contribution < 1.29 is 14.0 Å². The number of rotatable bonds is 4. The Morgan fingerprint density at radius 3 is 2.73 bits per heavy atom. The third-order valence-electron chi connectivity index (χ3n) is 5.38. The van der Waals surface area contributed by atoms with Gasteiger partial charge in [0, 0.05) is 24.2 Å². The lowest BCUT2D eigenvalue weighted by atomic mass is 9.91. The van der Waals surface area contributed by atoms with Crippen LogP contribution in [0, 0.1) is 11.3 Å². The molecule has 4 rings (SSSR count). The molecule has 4 N–H and O–H groups in total. The second kappa shape index (κ2) is 8.86. The molecule has 2 fully saturated rings. The van der Waals surface area contributed by atoms with E-state index in [0.29, 0.717) is 22.5 Å². The number of amides is 2. The van der Waals surface area contributed by atoms with Gasteiger partial charge in [0.15, 0.2) is 11.6 Å². The fraction of sp³-hybridized carbons (Fsp3) is 0.450. The van der Waals surface area contributed by atoms with E-state index in [4.69, 9.17) is 9.83 Å². The fourth-order valence-electron chi connectivity index (χ4n) is 3.68. The highest BCUT2D eigenvalue weighted by Gasteiger charge is 2.29. The summed E-state index contributed by atoms with van der Waals surface area (Å²) in [5, 5.41) is 16.6.